The van der Waals surface area contributed by atoms with Gasteiger partial charge < -0.3 is 25.2 Å². The summed E-state index contributed by atoms with van der Waals surface area (Å²) in [6, 6.07) is 17.1. The zero-order chi connectivity index (χ0) is 25.0. The highest BCUT2D eigenvalue weighted by atomic mass is 32.2. The molecule has 2 aromatic carbocycles. The van der Waals surface area contributed by atoms with Crippen molar-refractivity contribution in [3.8, 4) is 0 Å². The van der Waals surface area contributed by atoms with Crippen molar-refractivity contribution in [3.05, 3.63) is 90.5 Å². The van der Waals surface area contributed by atoms with E-state index < -0.39 is 42.1 Å². The second kappa shape index (κ2) is 13.6. The first-order valence-corrected chi connectivity index (χ1v) is 12.5. The van der Waals surface area contributed by atoms with Crippen molar-refractivity contribution in [1.82, 2.24) is 20.6 Å². The largest absolute Gasteiger partial charge is 0.611 e. The van der Waals surface area contributed by atoms with Crippen LogP contribution in [0.15, 0.2) is 84.1 Å². The van der Waals surface area contributed by atoms with Crippen LogP contribution < -0.4 is 10.6 Å². The van der Waals surface area contributed by atoms with E-state index in [1.807, 2.05) is 30.3 Å². The van der Waals surface area contributed by atoms with Gasteiger partial charge in [0.1, 0.15) is 11.4 Å². The molecule has 0 bridgehead atoms. The van der Waals surface area contributed by atoms with Crippen molar-refractivity contribution >= 4 is 30.1 Å². The quantitative estimate of drug-likeness (QED) is 0.216. The zero-order valence-corrected chi connectivity index (χ0v) is 19.8. The first-order valence-electron chi connectivity index (χ1n) is 11.1. The number of amides is 2. The summed E-state index contributed by atoms with van der Waals surface area (Å²) in [5.74, 6) is -2.51. The highest BCUT2D eigenvalue weighted by Crippen LogP contribution is 2.13. The molecule has 1 aromatic heterocycles. The summed E-state index contributed by atoms with van der Waals surface area (Å²) in [4.78, 5) is 34.0. The van der Waals surface area contributed by atoms with Crippen molar-refractivity contribution in [2.24, 2.45) is 0 Å². The highest BCUT2D eigenvalue weighted by molar-refractivity contribution is 7.91. The average molecular weight is 494 g/mol. The summed E-state index contributed by atoms with van der Waals surface area (Å²) < 4.78 is 12.9. The lowest BCUT2D eigenvalue weighted by atomic mass is 9.76. The molecule has 11 heteroatoms. The normalized spacial score (nSPS) is 13.3. The van der Waals surface area contributed by atoms with Gasteiger partial charge in [0.25, 0.3) is 5.91 Å². The van der Waals surface area contributed by atoms with Crippen molar-refractivity contribution in [2.45, 2.75) is 36.1 Å². The lowest BCUT2D eigenvalue weighted by molar-refractivity contribution is -0.122. The van der Waals surface area contributed by atoms with Gasteiger partial charge in [-0.1, -0.05) is 48.5 Å². The van der Waals surface area contributed by atoms with Gasteiger partial charge >= 0.3 is 7.12 Å². The molecule has 0 saturated carbocycles. The van der Waals surface area contributed by atoms with Crippen LogP contribution in [0, 0.1) is 0 Å². The summed E-state index contributed by atoms with van der Waals surface area (Å²) >= 11 is -1.60. The summed E-state index contributed by atoms with van der Waals surface area (Å²) in [5.41, 5.74) is 1.09. The maximum absolute atomic E-state index is 13.1. The lowest BCUT2D eigenvalue weighted by Crippen LogP contribution is -2.56. The molecule has 35 heavy (non-hydrogen) atoms. The molecule has 0 radical (unpaired) electrons. The lowest BCUT2D eigenvalue weighted by Gasteiger charge is -2.23. The third-order valence-corrected chi connectivity index (χ3v) is 6.69. The summed E-state index contributed by atoms with van der Waals surface area (Å²) in [6.45, 7) is 0. The minimum atomic E-state index is -1.80. The molecule has 3 unspecified atom stereocenters. The van der Waals surface area contributed by atoms with E-state index in [1.165, 1.54) is 18.6 Å². The van der Waals surface area contributed by atoms with Crippen LogP contribution in [0.4, 0.5) is 0 Å². The molecular weight excluding hydrogens is 467 g/mol. The van der Waals surface area contributed by atoms with Gasteiger partial charge in [-0.25, -0.2) is 4.98 Å². The van der Waals surface area contributed by atoms with Gasteiger partial charge in [0.15, 0.2) is 10.9 Å². The van der Waals surface area contributed by atoms with Crippen LogP contribution in [0.2, 0.25) is 0 Å². The number of carbonyl (C=O) groups is 2. The van der Waals surface area contributed by atoms with Crippen molar-refractivity contribution in [2.75, 3.05) is 5.75 Å². The molecule has 0 aliphatic carbocycles. The smallest absolute Gasteiger partial charge is 0.475 e. The molecule has 3 rings (SSSR count). The van der Waals surface area contributed by atoms with Gasteiger partial charge in [-0.2, -0.15) is 0 Å². The molecule has 9 nitrogen and oxygen atoms in total. The molecule has 0 saturated heterocycles. The number of nitrogens with zero attached hydrogens (tertiary/aromatic N) is 2. The molecule has 2 amide bonds. The minimum Gasteiger partial charge on any atom is -0.611 e. The first kappa shape index (κ1) is 26.4. The van der Waals surface area contributed by atoms with Crippen LogP contribution in [0.1, 0.15) is 28.9 Å². The predicted molar refractivity (Wildman–Crippen MR) is 133 cm³/mol. The van der Waals surface area contributed by atoms with Crippen molar-refractivity contribution in [3.63, 3.8) is 0 Å². The van der Waals surface area contributed by atoms with Gasteiger partial charge in [-0.05, 0) is 48.1 Å². The highest BCUT2D eigenvalue weighted by Gasteiger charge is 2.32. The van der Waals surface area contributed by atoms with E-state index in [0.29, 0.717) is 24.2 Å². The Kier molecular flexibility index (Phi) is 10.2. The second-order valence-corrected chi connectivity index (χ2v) is 9.34. The standard InChI is InChI=1S/C24H27BN4O5S/c30-23(20-16-26-14-15-27-20)28-21(17-35(34)19-11-5-2-6-12-19)24(31)29-22(25(32)33)13-7-10-18-8-3-1-4-9-18/h1-6,8-9,11-12,14-16,21-22,32-33H,7,10,13,17H2,(H,28,30)(H,29,31). The van der Waals surface area contributed by atoms with E-state index in [-0.39, 0.29) is 11.4 Å². The summed E-state index contributed by atoms with van der Waals surface area (Å²) in [5, 5.41) is 24.8. The Hall–Kier alpha value is -3.25. The molecule has 0 aliphatic rings. The Labute approximate surface area is 207 Å². The maximum atomic E-state index is 13.1. The average Bonchev–Trinajstić information content (AvgIpc) is 2.89. The number of rotatable bonds is 12. The van der Waals surface area contributed by atoms with Crippen LogP contribution in [0.3, 0.4) is 0 Å². The number of aromatic nitrogens is 2. The third-order valence-electron chi connectivity index (χ3n) is 5.25. The van der Waals surface area contributed by atoms with E-state index in [9.17, 15) is 24.2 Å². The van der Waals surface area contributed by atoms with Crippen molar-refractivity contribution < 1.29 is 24.2 Å². The molecule has 3 aromatic rings. The Balaban J connectivity index is 1.68. The van der Waals surface area contributed by atoms with E-state index in [0.717, 1.165) is 5.56 Å². The van der Waals surface area contributed by atoms with Gasteiger partial charge in [0, 0.05) is 12.4 Å². The van der Waals surface area contributed by atoms with E-state index in [1.54, 1.807) is 30.3 Å². The Bertz CT molecular complexity index is 1060. The van der Waals surface area contributed by atoms with Gasteiger partial charge in [-0.3, -0.25) is 14.6 Å². The monoisotopic (exact) mass is 494 g/mol. The number of carbonyl (C=O) groups excluding carboxylic acids is 2. The molecule has 3 atom stereocenters. The molecule has 0 fully saturated rings. The molecule has 0 spiro atoms. The van der Waals surface area contributed by atoms with Crippen LogP contribution in [0.25, 0.3) is 0 Å². The van der Waals surface area contributed by atoms with Crippen LogP contribution in [0.5, 0.6) is 0 Å². The number of nitrogens with one attached hydrogen (secondary N) is 2. The number of hydrogen-bond acceptors (Lipinski definition) is 7. The van der Waals surface area contributed by atoms with Gasteiger partial charge in [-0.15, -0.1) is 0 Å². The SMILES string of the molecule is O=C(NC(C[S+]([O-])c1ccccc1)C(=O)NC(CCCc1ccccc1)B(O)O)c1cnccn1. The van der Waals surface area contributed by atoms with Gasteiger partial charge in [0.2, 0.25) is 5.91 Å². The second-order valence-electron chi connectivity index (χ2n) is 7.85. The van der Waals surface area contributed by atoms with Crippen LogP contribution >= 0.6 is 0 Å². The molecule has 1 heterocycles. The van der Waals surface area contributed by atoms with Crippen molar-refractivity contribution in [1.29, 1.82) is 0 Å². The Morgan fingerprint density at radius 3 is 2.31 bits per heavy atom. The molecule has 182 valence electrons. The van der Waals surface area contributed by atoms with E-state index >= 15 is 0 Å². The fourth-order valence-electron chi connectivity index (χ4n) is 3.40. The number of aryl methyl sites for hydroxylation is 1. The minimum absolute atomic E-state index is 0.00241. The van der Waals surface area contributed by atoms with E-state index in [2.05, 4.69) is 20.6 Å². The van der Waals surface area contributed by atoms with Gasteiger partial charge in [0.05, 0.1) is 12.1 Å². The number of benzene rings is 2. The zero-order valence-electron chi connectivity index (χ0n) is 19.0. The third kappa shape index (κ3) is 8.48. The maximum Gasteiger partial charge on any atom is 0.475 e. The Morgan fingerprint density at radius 1 is 1.00 bits per heavy atom. The topological polar surface area (TPSA) is 148 Å². The first-order chi connectivity index (χ1) is 16.9. The van der Waals surface area contributed by atoms with Crippen LogP contribution in [-0.2, 0) is 22.4 Å². The van der Waals surface area contributed by atoms with Crippen LogP contribution in [-0.4, -0.2) is 61.2 Å². The molecule has 4 N–H and O–H groups in total. The molecular formula is C24H27BN4O5S. The van der Waals surface area contributed by atoms with E-state index in [4.69, 9.17) is 0 Å². The fraction of sp³-hybridized carbons (Fsp3) is 0.250. The Morgan fingerprint density at radius 2 is 1.69 bits per heavy atom. The predicted octanol–water partition coefficient (Wildman–Crippen LogP) is 0.902. The summed E-state index contributed by atoms with van der Waals surface area (Å²) in [7, 11) is -1.80. The summed E-state index contributed by atoms with van der Waals surface area (Å²) in [6.07, 6.45) is 5.60. The fourth-order valence-corrected chi connectivity index (χ4v) is 4.59. The number of hydrogen-bond donors (Lipinski definition) is 4. The molecule has 0 aliphatic heterocycles.